The summed E-state index contributed by atoms with van der Waals surface area (Å²) in [5, 5.41) is 30.6. The number of phenolic OH excluding ortho intramolecular Hbond substituents is 3. The first-order valence-electron chi connectivity index (χ1n) is 8.29. The van der Waals surface area contributed by atoms with E-state index in [1.165, 1.54) is 19.2 Å². The molecule has 1 aliphatic carbocycles. The zero-order valence-electron chi connectivity index (χ0n) is 14.4. The van der Waals surface area contributed by atoms with Gasteiger partial charge < -0.3 is 20.1 Å². The first-order chi connectivity index (χ1) is 13.0. The van der Waals surface area contributed by atoms with Gasteiger partial charge in [0.05, 0.1) is 18.2 Å². The smallest absolute Gasteiger partial charge is 0.201 e. The fraction of sp³-hybridized carbons (Fsp3) is 0.0455. The van der Waals surface area contributed by atoms with E-state index in [4.69, 9.17) is 4.74 Å². The number of phenols is 3. The van der Waals surface area contributed by atoms with Crippen LogP contribution in [0.3, 0.4) is 0 Å². The lowest BCUT2D eigenvalue weighted by molar-refractivity contribution is 0.103. The van der Waals surface area contributed by atoms with E-state index in [2.05, 4.69) is 0 Å². The summed E-state index contributed by atoms with van der Waals surface area (Å²) in [7, 11) is 1.47. The lowest BCUT2D eigenvalue weighted by Gasteiger charge is -2.23. The highest BCUT2D eigenvalue weighted by molar-refractivity contribution is 6.22. The van der Waals surface area contributed by atoms with Crippen LogP contribution in [0.5, 0.6) is 23.0 Å². The van der Waals surface area contributed by atoms with Crippen LogP contribution in [0, 0.1) is 0 Å². The minimum Gasteiger partial charge on any atom is -0.507 e. The summed E-state index contributed by atoms with van der Waals surface area (Å²) in [4.78, 5) is 12.9. The van der Waals surface area contributed by atoms with E-state index >= 15 is 0 Å². The Labute approximate surface area is 155 Å². The monoisotopic (exact) mass is 360 g/mol. The van der Waals surface area contributed by atoms with E-state index in [9.17, 15) is 20.1 Å². The van der Waals surface area contributed by atoms with Gasteiger partial charge in [-0.3, -0.25) is 4.79 Å². The second kappa shape index (κ2) is 6.21. The summed E-state index contributed by atoms with van der Waals surface area (Å²) >= 11 is 0. The highest BCUT2D eigenvalue weighted by atomic mass is 16.5. The van der Waals surface area contributed by atoms with Crippen LogP contribution in [-0.4, -0.2) is 28.2 Å². The summed E-state index contributed by atoms with van der Waals surface area (Å²) in [6.45, 7) is 0. The van der Waals surface area contributed by atoms with Crippen molar-refractivity contribution in [1.29, 1.82) is 0 Å². The van der Waals surface area contributed by atoms with Gasteiger partial charge in [-0.25, -0.2) is 0 Å². The number of hydrogen-bond donors (Lipinski definition) is 3. The number of carbonyl (C=O) groups is 1. The summed E-state index contributed by atoms with van der Waals surface area (Å²) in [6, 6.07) is 14.7. The predicted octanol–water partition coefficient (Wildman–Crippen LogP) is 3.95. The number of ether oxygens (including phenoxy) is 1. The molecule has 0 bridgehead atoms. The fourth-order valence-corrected chi connectivity index (χ4v) is 3.40. The van der Waals surface area contributed by atoms with Gasteiger partial charge in [-0.2, -0.15) is 0 Å². The first kappa shape index (κ1) is 16.7. The number of fused-ring (bicyclic) bond motifs is 2. The molecule has 3 N–H and O–H groups in total. The van der Waals surface area contributed by atoms with Gasteiger partial charge in [-0.05, 0) is 52.6 Å². The molecule has 0 fully saturated rings. The van der Waals surface area contributed by atoms with E-state index in [1.54, 1.807) is 48.5 Å². The van der Waals surface area contributed by atoms with Crippen LogP contribution >= 0.6 is 0 Å². The molecule has 134 valence electrons. The molecule has 0 radical (unpaired) electrons. The topological polar surface area (TPSA) is 87.0 Å². The normalized spacial score (nSPS) is 12.3. The quantitative estimate of drug-likeness (QED) is 0.504. The second-order valence-electron chi connectivity index (χ2n) is 6.22. The Balaban J connectivity index is 2.00. The molecule has 3 aromatic carbocycles. The maximum atomic E-state index is 12.9. The Hall–Kier alpha value is -3.73. The van der Waals surface area contributed by atoms with E-state index in [0.29, 0.717) is 28.0 Å². The van der Waals surface area contributed by atoms with Crippen LogP contribution in [0.4, 0.5) is 0 Å². The van der Waals surface area contributed by atoms with Crippen LogP contribution in [0.1, 0.15) is 32.6 Å². The lowest BCUT2D eigenvalue weighted by Crippen LogP contribution is -2.14. The molecule has 0 atom stereocenters. The van der Waals surface area contributed by atoms with Gasteiger partial charge in [0.2, 0.25) is 5.78 Å². The highest BCUT2D eigenvalue weighted by Gasteiger charge is 2.31. The van der Waals surface area contributed by atoms with Gasteiger partial charge in [-0.1, -0.05) is 30.3 Å². The average molecular weight is 360 g/mol. The van der Waals surface area contributed by atoms with Crippen LogP contribution in [0.15, 0.2) is 54.6 Å². The summed E-state index contributed by atoms with van der Waals surface area (Å²) in [5.41, 5.74) is 2.77. The van der Waals surface area contributed by atoms with Gasteiger partial charge in [-0.15, -0.1) is 0 Å². The van der Waals surface area contributed by atoms with Gasteiger partial charge in [0.25, 0.3) is 0 Å². The Morgan fingerprint density at radius 1 is 0.815 bits per heavy atom. The minimum absolute atomic E-state index is 0.00833. The molecule has 1 aliphatic rings. The van der Waals surface area contributed by atoms with Crippen molar-refractivity contribution in [3.8, 4) is 23.0 Å². The number of carbonyl (C=O) groups excluding carboxylic acids is 1. The Morgan fingerprint density at radius 3 is 1.93 bits per heavy atom. The first-order valence-corrected chi connectivity index (χ1v) is 8.29. The summed E-state index contributed by atoms with van der Waals surface area (Å²) in [6.07, 6.45) is 1.79. The maximum Gasteiger partial charge on any atom is 0.201 e. The number of rotatable bonds is 2. The SMILES string of the molecule is COc1ccc(C=C2c3cccc(O)c3C(=O)c3c(O)cccc32)cc1O. The van der Waals surface area contributed by atoms with Crippen LogP contribution in [0.25, 0.3) is 11.6 Å². The van der Waals surface area contributed by atoms with Crippen molar-refractivity contribution in [2.24, 2.45) is 0 Å². The molecule has 27 heavy (non-hydrogen) atoms. The van der Waals surface area contributed by atoms with Gasteiger partial charge in [0.1, 0.15) is 11.5 Å². The molecule has 0 aromatic heterocycles. The standard InChI is InChI=1S/C22H16O5/c1-27-19-9-8-12(11-18(19)25)10-15-13-4-2-6-16(23)20(13)22(26)21-14(15)5-3-7-17(21)24/h2-11,23-25H,1H3. The van der Waals surface area contributed by atoms with E-state index in [0.717, 1.165) is 0 Å². The molecule has 0 saturated heterocycles. The third kappa shape index (κ3) is 2.60. The number of methoxy groups -OCH3 is 1. The largest absolute Gasteiger partial charge is 0.507 e. The van der Waals surface area contributed by atoms with Gasteiger partial charge in [0.15, 0.2) is 11.5 Å². The van der Waals surface area contributed by atoms with Gasteiger partial charge in [0, 0.05) is 0 Å². The van der Waals surface area contributed by atoms with E-state index in [-0.39, 0.29) is 28.4 Å². The maximum absolute atomic E-state index is 12.9. The third-order valence-corrected chi connectivity index (χ3v) is 4.63. The van der Waals surface area contributed by atoms with Crippen molar-refractivity contribution in [3.63, 3.8) is 0 Å². The van der Waals surface area contributed by atoms with E-state index in [1.807, 2.05) is 0 Å². The minimum atomic E-state index is -0.425. The number of benzene rings is 3. The molecule has 5 heteroatoms. The lowest BCUT2D eigenvalue weighted by atomic mass is 9.80. The predicted molar refractivity (Wildman–Crippen MR) is 101 cm³/mol. The molecular weight excluding hydrogens is 344 g/mol. The summed E-state index contributed by atoms with van der Waals surface area (Å²) < 4.78 is 5.07. The molecule has 0 unspecified atom stereocenters. The van der Waals surface area contributed by atoms with Crippen LogP contribution in [-0.2, 0) is 0 Å². The van der Waals surface area contributed by atoms with Crippen molar-refractivity contribution in [1.82, 2.24) is 0 Å². The van der Waals surface area contributed by atoms with Crippen molar-refractivity contribution >= 4 is 17.4 Å². The zero-order valence-corrected chi connectivity index (χ0v) is 14.4. The molecule has 5 nitrogen and oxygen atoms in total. The number of ketones is 1. The molecule has 0 aliphatic heterocycles. The zero-order chi connectivity index (χ0) is 19.1. The van der Waals surface area contributed by atoms with E-state index < -0.39 is 5.78 Å². The van der Waals surface area contributed by atoms with Gasteiger partial charge >= 0.3 is 0 Å². The summed E-state index contributed by atoms with van der Waals surface area (Å²) in [5.74, 6) is -0.367. The highest BCUT2D eigenvalue weighted by Crippen LogP contribution is 2.43. The van der Waals surface area contributed by atoms with Crippen molar-refractivity contribution < 1.29 is 24.9 Å². The van der Waals surface area contributed by atoms with Crippen LogP contribution in [0.2, 0.25) is 0 Å². The molecule has 4 rings (SSSR count). The Morgan fingerprint density at radius 2 is 1.41 bits per heavy atom. The Bertz CT molecular complexity index is 1050. The molecule has 0 heterocycles. The third-order valence-electron chi connectivity index (χ3n) is 4.63. The fourth-order valence-electron chi connectivity index (χ4n) is 3.40. The van der Waals surface area contributed by atoms with Crippen LogP contribution < -0.4 is 4.74 Å². The average Bonchev–Trinajstić information content (AvgIpc) is 2.65. The molecule has 0 spiro atoms. The number of aromatic hydroxyl groups is 3. The van der Waals surface area contributed by atoms with Crippen molar-refractivity contribution in [3.05, 3.63) is 82.4 Å². The molecule has 0 amide bonds. The number of hydrogen-bond acceptors (Lipinski definition) is 5. The Kier molecular flexibility index (Phi) is 3.85. The molecule has 3 aromatic rings. The molecular formula is C22H16O5. The molecule has 0 saturated carbocycles. The second-order valence-corrected chi connectivity index (χ2v) is 6.22. The van der Waals surface area contributed by atoms with Crippen molar-refractivity contribution in [2.45, 2.75) is 0 Å². The van der Waals surface area contributed by atoms with Crippen molar-refractivity contribution in [2.75, 3.05) is 7.11 Å².